The highest BCUT2D eigenvalue weighted by Gasteiger charge is 2.22. The van der Waals surface area contributed by atoms with Crippen LogP contribution in [0.4, 0.5) is 5.69 Å². The van der Waals surface area contributed by atoms with Gasteiger partial charge in [-0.05, 0) is 24.6 Å². The summed E-state index contributed by atoms with van der Waals surface area (Å²) in [4.78, 5) is 11.9. The van der Waals surface area contributed by atoms with Crippen LogP contribution in [-0.4, -0.2) is 5.91 Å². The first-order valence-corrected chi connectivity index (χ1v) is 5.93. The van der Waals surface area contributed by atoms with E-state index >= 15 is 0 Å². The summed E-state index contributed by atoms with van der Waals surface area (Å²) in [5, 5.41) is 2.87. The van der Waals surface area contributed by atoms with E-state index in [1.54, 1.807) is 0 Å². The lowest BCUT2D eigenvalue weighted by atomic mass is 10.0. The third-order valence-corrected chi connectivity index (χ3v) is 3.10. The van der Waals surface area contributed by atoms with Crippen molar-refractivity contribution < 1.29 is 4.79 Å². The lowest BCUT2D eigenvalue weighted by Crippen LogP contribution is -2.03. The van der Waals surface area contributed by atoms with Gasteiger partial charge in [-0.15, -0.1) is 0 Å². The van der Waals surface area contributed by atoms with E-state index in [0.29, 0.717) is 0 Å². The smallest absolute Gasteiger partial charge is 0.256 e. The molecule has 0 spiro atoms. The van der Waals surface area contributed by atoms with Crippen LogP contribution in [0.2, 0.25) is 0 Å². The number of nitrogens with one attached hydrogen (secondary N) is 1. The molecule has 2 aromatic rings. The van der Waals surface area contributed by atoms with Gasteiger partial charge in [0.15, 0.2) is 0 Å². The number of hydrogen-bond donors (Lipinski definition) is 1. The second kappa shape index (κ2) is 4.15. The van der Waals surface area contributed by atoms with Crippen molar-refractivity contribution in [2.75, 3.05) is 5.32 Å². The maximum atomic E-state index is 11.9. The van der Waals surface area contributed by atoms with Crippen LogP contribution in [0.1, 0.15) is 16.7 Å². The Bertz CT molecular complexity index is 638. The van der Waals surface area contributed by atoms with Crippen molar-refractivity contribution in [2.24, 2.45) is 0 Å². The summed E-state index contributed by atoms with van der Waals surface area (Å²) in [6.07, 6.45) is 1.93. The Balaban J connectivity index is 2.07. The molecule has 88 valence electrons. The Morgan fingerprint density at radius 2 is 1.72 bits per heavy atom. The molecule has 0 radical (unpaired) electrons. The number of carbonyl (C=O) groups excluding carboxylic acids is 1. The molecule has 0 atom stereocenters. The summed E-state index contributed by atoms with van der Waals surface area (Å²) in [6, 6.07) is 15.9. The van der Waals surface area contributed by atoms with Gasteiger partial charge in [0.2, 0.25) is 0 Å². The maximum Gasteiger partial charge on any atom is 0.256 e. The molecule has 0 saturated carbocycles. The number of carbonyl (C=O) groups is 1. The molecule has 2 nitrogen and oxygen atoms in total. The fraction of sp³-hybridized carbons (Fsp3) is 0.0625. The standard InChI is InChI=1S/C16H13NO/c1-11-6-8-12(9-7-11)10-14-13-4-2-3-5-15(13)17-16(14)18/h2-10H,1H3,(H,17,18)/b14-10+. The topological polar surface area (TPSA) is 29.1 Å². The molecule has 0 aliphatic carbocycles. The van der Waals surface area contributed by atoms with Gasteiger partial charge in [-0.2, -0.15) is 0 Å². The summed E-state index contributed by atoms with van der Waals surface area (Å²) in [5.74, 6) is -0.0308. The van der Waals surface area contributed by atoms with E-state index in [2.05, 4.69) is 12.2 Å². The van der Waals surface area contributed by atoms with E-state index < -0.39 is 0 Å². The minimum Gasteiger partial charge on any atom is -0.321 e. The Kier molecular flexibility index (Phi) is 2.49. The van der Waals surface area contributed by atoms with Gasteiger partial charge in [0.25, 0.3) is 5.91 Å². The average Bonchev–Trinajstić information content (AvgIpc) is 2.69. The fourth-order valence-corrected chi connectivity index (χ4v) is 2.11. The zero-order chi connectivity index (χ0) is 12.5. The van der Waals surface area contributed by atoms with Crippen LogP contribution in [0.5, 0.6) is 0 Å². The average molecular weight is 235 g/mol. The highest BCUT2D eigenvalue weighted by molar-refractivity contribution is 6.34. The number of rotatable bonds is 1. The monoisotopic (exact) mass is 235 g/mol. The molecule has 3 rings (SSSR count). The Morgan fingerprint density at radius 3 is 2.50 bits per heavy atom. The Hall–Kier alpha value is -2.35. The summed E-state index contributed by atoms with van der Waals surface area (Å²) < 4.78 is 0. The van der Waals surface area contributed by atoms with E-state index in [0.717, 1.165) is 22.4 Å². The van der Waals surface area contributed by atoms with E-state index in [1.807, 2.05) is 54.6 Å². The van der Waals surface area contributed by atoms with E-state index in [4.69, 9.17) is 0 Å². The van der Waals surface area contributed by atoms with E-state index in [1.165, 1.54) is 5.56 Å². The van der Waals surface area contributed by atoms with Gasteiger partial charge < -0.3 is 5.32 Å². The second-order valence-corrected chi connectivity index (χ2v) is 4.47. The van der Waals surface area contributed by atoms with Gasteiger partial charge in [0.1, 0.15) is 0 Å². The number of fused-ring (bicyclic) bond motifs is 1. The van der Waals surface area contributed by atoms with Crippen LogP contribution < -0.4 is 5.32 Å². The first-order valence-electron chi connectivity index (χ1n) is 5.93. The normalized spacial score (nSPS) is 15.6. The minimum absolute atomic E-state index is 0.0308. The molecule has 0 unspecified atom stereocenters. The first-order chi connectivity index (χ1) is 8.74. The van der Waals surface area contributed by atoms with Crippen molar-refractivity contribution in [3.8, 4) is 0 Å². The molecule has 0 aromatic heterocycles. The first kappa shape index (κ1) is 10.8. The SMILES string of the molecule is Cc1ccc(/C=C2/C(=O)Nc3ccccc32)cc1. The van der Waals surface area contributed by atoms with Gasteiger partial charge in [-0.3, -0.25) is 4.79 Å². The summed E-state index contributed by atoms with van der Waals surface area (Å²) in [5.41, 5.74) is 4.86. The molecule has 0 bridgehead atoms. The molecule has 1 amide bonds. The fourth-order valence-electron chi connectivity index (χ4n) is 2.11. The van der Waals surface area contributed by atoms with Crippen LogP contribution in [0, 0.1) is 6.92 Å². The van der Waals surface area contributed by atoms with Crippen LogP contribution in [0.25, 0.3) is 11.6 Å². The predicted molar refractivity (Wildman–Crippen MR) is 74.1 cm³/mol. The second-order valence-electron chi connectivity index (χ2n) is 4.47. The number of hydrogen-bond acceptors (Lipinski definition) is 1. The highest BCUT2D eigenvalue weighted by Crippen LogP contribution is 2.32. The molecule has 0 saturated heterocycles. The van der Waals surface area contributed by atoms with Crippen LogP contribution in [0.15, 0.2) is 48.5 Å². The van der Waals surface area contributed by atoms with Gasteiger partial charge >= 0.3 is 0 Å². The summed E-state index contributed by atoms with van der Waals surface area (Å²) >= 11 is 0. The number of anilines is 1. The number of para-hydroxylation sites is 1. The summed E-state index contributed by atoms with van der Waals surface area (Å²) in [7, 11) is 0. The third kappa shape index (κ3) is 1.82. The van der Waals surface area contributed by atoms with Gasteiger partial charge in [-0.1, -0.05) is 48.0 Å². The molecule has 1 heterocycles. The molecular weight excluding hydrogens is 222 g/mol. The highest BCUT2D eigenvalue weighted by atomic mass is 16.1. The molecule has 1 aliphatic heterocycles. The quantitative estimate of drug-likeness (QED) is 0.753. The Morgan fingerprint density at radius 1 is 1.00 bits per heavy atom. The molecule has 18 heavy (non-hydrogen) atoms. The van der Waals surface area contributed by atoms with Gasteiger partial charge in [-0.25, -0.2) is 0 Å². The lowest BCUT2D eigenvalue weighted by Gasteiger charge is -1.99. The van der Waals surface area contributed by atoms with Crippen LogP contribution in [0.3, 0.4) is 0 Å². The van der Waals surface area contributed by atoms with Crippen LogP contribution >= 0.6 is 0 Å². The summed E-state index contributed by atoms with van der Waals surface area (Å²) in [6.45, 7) is 2.05. The van der Waals surface area contributed by atoms with E-state index in [9.17, 15) is 4.79 Å². The maximum absolute atomic E-state index is 11.9. The van der Waals surface area contributed by atoms with Crippen LogP contribution in [-0.2, 0) is 4.79 Å². The van der Waals surface area contributed by atoms with Crippen molar-refractivity contribution in [3.05, 3.63) is 65.2 Å². The molecular formula is C16H13NO. The molecule has 1 N–H and O–H groups in total. The number of aryl methyl sites for hydroxylation is 1. The third-order valence-electron chi connectivity index (χ3n) is 3.10. The van der Waals surface area contributed by atoms with E-state index in [-0.39, 0.29) is 5.91 Å². The zero-order valence-electron chi connectivity index (χ0n) is 10.1. The van der Waals surface area contributed by atoms with Gasteiger partial charge in [0, 0.05) is 16.8 Å². The molecule has 2 heteroatoms. The minimum atomic E-state index is -0.0308. The zero-order valence-corrected chi connectivity index (χ0v) is 10.1. The van der Waals surface area contributed by atoms with Crippen molar-refractivity contribution in [3.63, 3.8) is 0 Å². The van der Waals surface area contributed by atoms with Crippen molar-refractivity contribution in [2.45, 2.75) is 6.92 Å². The Labute approximate surface area is 106 Å². The predicted octanol–water partition coefficient (Wildman–Crippen LogP) is 3.49. The van der Waals surface area contributed by atoms with Gasteiger partial charge in [0.05, 0.1) is 0 Å². The molecule has 0 fully saturated rings. The largest absolute Gasteiger partial charge is 0.321 e. The molecule has 1 aliphatic rings. The van der Waals surface area contributed by atoms with Crippen molar-refractivity contribution in [1.29, 1.82) is 0 Å². The molecule has 2 aromatic carbocycles. The van der Waals surface area contributed by atoms with Crippen molar-refractivity contribution in [1.82, 2.24) is 0 Å². The number of amides is 1. The van der Waals surface area contributed by atoms with Crippen molar-refractivity contribution >= 4 is 23.2 Å². The number of benzene rings is 2. The lowest BCUT2D eigenvalue weighted by molar-refractivity contribution is -0.110.